The van der Waals surface area contributed by atoms with Gasteiger partial charge in [-0.2, -0.15) is 0 Å². The number of piperidine rings is 1. The maximum absolute atomic E-state index is 9.71. The molecule has 1 atom stereocenters. The number of methoxy groups -OCH3 is 1. The minimum Gasteiger partial charge on any atom is -0.504 e. The van der Waals surface area contributed by atoms with Crippen LogP contribution in [0.3, 0.4) is 0 Å². The zero-order chi connectivity index (χ0) is 19.8. The van der Waals surface area contributed by atoms with Gasteiger partial charge in [0.2, 0.25) is 0 Å². The predicted octanol–water partition coefficient (Wildman–Crippen LogP) is 3.80. The highest BCUT2D eigenvalue weighted by atomic mass is 16.5. The van der Waals surface area contributed by atoms with Gasteiger partial charge >= 0.3 is 0 Å². The smallest absolute Gasteiger partial charge is 0.161 e. The van der Waals surface area contributed by atoms with Crippen LogP contribution in [0.2, 0.25) is 0 Å². The van der Waals surface area contributed by atoms with Crippen LogP contribution in [0.25, 0.3) is 6.08 Å². The first-order chi connectivity index (χ1) is 13.7. The number of hydrogen-bond donors (Lipinski definition) is 1. The Morgan fingerprint density at radius 3 is 2.86 bits per heavy atom. The first-order valence-electron chi connectivity index (χ1n) is 10.1. The third kappa shape index (κ3) is 5.57. The van der Waals surface area contributed by atoms with Crippen molar-refractivity contribution in [3.05, 3.63) is 59.9 Å². The van der Waals surface area contributed by atoms with E-state index in [-0.39, 0.29) is 5.75 Å². The molecule has 0 radical (unpaired) electrons. The SMILES string of the molecule is CCN(Cc1ccncc1)C1CCCN(C/C=C/c2ccc(O)c(OC)c2)C1. The summed E-state index contributed by atoms with van der Waals surface area (Å²) in [5.74, 6) is 0.683. The highest BCUT2D eigenvalue weighted by molar-refractivity contribution is 5.55. The molecule has 1 fully saturated rings. The minimum absolute atomic E-state index is 0.173. The number of phenolic OH excluding ortho intramolecular Hbond substituents is 1. The van der Waals surface area contributed by atoms with Crippen molar-refractivity contribution in [2.24, 2.45) is 0 Å². The van der Waals surface area contributed by atoms with Gasteiger partial charge in [-0.25, -0.2) is 0 Å². The molecule has 0 saturated carbocycles. The van der Waals surface area contributed by atoms with Crippen LogP contribution in [0.4, 0.5) is 0 Å². The average Bonchev–Trinajstić information content (AvgIpc) is 2.74. The topological polar surface area (TPSA) is 48.8 Å². The molecular formula is C23H31N3O2. The molecular weight excluding hydrogens is 350 g/mol. The molecule has 1 saturated heterocycles. The van der Waals surface area contributed by atoms with Crippen LogP contribution < -0.4 is 4.74 Å². The Hall–Kier alpha value is -2.37. The highest BCUT2D eigenvalue weighted by Gasteiger charge is 2.23. The van der Waals surface area contributed by atoms with E-state index in [2.05, 4.69) is 46.0 Å². The fourth-order valence-corrected chi connectivity index (χ4v) is 3.85. The van der Waals surface area contributed by atoms with Crippen LogP contribution in [-0.2, 0) is 6.54 Å². The van der Waals surface area contributed by atoms with Crippen LogP contribution in [0.1, 0.15) is 30.9 Å². The lowest BCUT2D eigenvalue weighted by molar-refractivity contribution is 0.103. The molecule has 0 amide bonds. The number of aromatic nitrogens is 1. The molecule has 0 aliphatic carbocycles. The summed E-state index contributed by atoms with van der Waals surface area (Å²) in [7, 11) is 1.57. The van der Waals surface area contributed by atoms with E-state index in [1.165, 1.54) is 18.4 Å². The number of benzene rings is 1. The summed E-state index contributed by atoms with van der Waals surface area (Å²) >= 11 is 0. The fraction of sp³-hybridized carbons (Fsp3) is 0.435. The third-order valence-corrected chi connectivity index (χ3v) is 5.42. The number of phenols is 1. The van der Waals surface area contributed by atoms with Crippen LogP contribution in [-0.4, -0.2) is 59.2 Å². The minimum atomic E-state index is 0.173. The van der Waals surface area contributed by atoms with Gasteiger partial charge in [-0.1, -0.05) is 25.1 Å². The Morgan fingerprint density at radius 2 is 2.11 bits per heavy atom. The van der Waals surface area contributed by atoms with E-state index in [0.29, 0.717) is 11.8 Å². The molecule has 0 bridgehead atoms. The van der Waals surface area contributed by atoms with Crippen LogP contribution >= 0.6 is 0 Å². The third-order valence-electron chi connectivity index (χ3n) is 5.42. The van der Waals surface area contributed by atoms with Gasteiger partial charge in [0.25, 0.3) is 0 Å². The van der Waals surface area contributed by atoms with Crippen LogP contribution in [0.5, 0.6) is 11.5 Å². The van der Waals surface area contributed by atoms with Crippen molar-refractivity contribution < 1.29 is 9.84 Å². The number of nitrogens with zero attached hydrogens (tertiary/aromatic N) is 3. The van der Waals surface area contributed by atoms with Crippen molar-refractivity contribution in [3.8, 4) is 11.5 Å². The number of likely N-dealkylation sites (tertiary alicyclic amines) is 1. The lowest BCUT2D eigenvalue weighted by Gasteiger charge is -2.38. The summed E-state index contributed by atoms with van der Waals surface area (Å²) in [6.07, 6.45) is 10.5. The van der Waals surface area contributed by atoms with E-state index in [9.17, 15) is 5.11 Å². The van der Waals surface area contributed by atoms with Crippen molar-refractivity contribution in [3.63, 3.8) is 0 Å². The second kappa shape index (κ2) is 10.2. The summed E-state index contributed by atoms with van der Waals surface area (Å²) in [6.45, 7) is 7.48. The highest BCUT2D eigenvalue weighted by Crippen LogP contribution is 2.26. The molecule has 1 aliphatic rings. The van der Waals surface area contributed by atoms with E-state index in [0.717, 1.165) is 38.3 Å². The number of pyridine rings is 1. The standard InChI is InChI=1S/C23H31N3O2/c1-3-26(17-20-10-12-24-13-11-20)21-7-5-15-25(18-21)14-4-6-19-8-9-22(27)23(16-19)28-2/h4,6,8-13,16,21,27H,3,5,7,14-15,17-18H2,1-2H3/b6-4+. The second-order valence-corrected chi connectivity index (χ2v) is 7.31. The summed E-state index contributed by atoms with van der Waals surface area (Å²) in [4.78, 5) is 9.23. The van der Waals surface area contributed by atoms with Gasteiger partial charge < -0.3 is 9.84 Å². The first-order valence-corrected chi connectivity index (χ1v) is 10.1. The van der Waals surface area contributed by atoms with Crippen molar-refractivity contribution >= 4 is 6.08 Å². The molecule has 150 valence electrons. The van der Waals surface area contributed by atoms with E-state index < -0.39 is 0 Å². The largest absolute Gasteiger partial charge is 0.504 e. The lowest BCUT2D eigenvalue weighted by Crippen LogP contribution is -2.47. The van der Waals surface area contributed by atoms with Gasteiger partial charge in [0.1, 0.15) is 0 Å². The van der Waals surface area contributed by atoms with E-state index in [1.807, 2.05) is 24.5 Å². The van der Waals surface area contributed by atoms with Gasteiger partial charge in [-0.15, -0.1) is 0 Å². The van der Waals surface area contributed by atoms with Gasteiger partial charge in [0.05, 0.1) is 7.11 Å². The number of aromatic hydroxyl groups is 1. The molecule has 5 nitrogen and oxygen atoms in total. The molecule has 1 aromatic carbocycles. The second-order valence-electron chi connectivity index (χ2n) is 7.31. The van der Waals surface area contributed by atoms with Crippen molar-refractivity contribution in [2.45, 2.75) is 32.4 Å². The predicted molar refractivity (Wildman–Crippen MR) is 113 cm³/mol. The Morgan fingerprint density at radius 1 is 1.29 bits per heavy atom. The molecule has 3 rings (SSSR count). The Kier molecular flexibility index (Phi) is 7.46. The van der Waals surface area contributed by atoms with Crippen molar-refractivity contribution in [1.82, 2.24) is 14.8 Å². The van der Waals surface area contributed by atoms with Crippen molar-refractivity contribution in [1.29, 1.82) is 0 Å². The van der Waals surface area contributed by atoms with Crippen molar-refractivity contribution in [2.75, 3.05) is 33.3 Å². The molecule has 1 aromatic heterocycles. The monoisotopic (exact) mass is 381 g/mol. The zero-order valence-corrected chi connectivity index (χ0v) is 16.9. The fourth-order valence-electron chi connectivity index (χ4n) is 3.85. The molecule has 28 heavy (non-hydrogen) atoms. The maximum atomic E-state index is 9.71. The Balaban J connectivity index is 1.55. The van der Waals surface area contributed by atoms with Crippen LogP contribution in [0, 0.1) is 0 Å². The molecule has 1 aliphatic heterocycles. The van der Waals surface area contributed by atoms with Gasteiger partial charge in [0.15, 0.2) is 11.5 Å². The van der Waals surface area contributed by atoms with Crippen LogP contribution in [0.15, 0.2) is 48.8 Å². The lowest BCUT2D eigenvalue weighted by atomic mass is 10.0. The van der Waals surface area contributed by atoms with E-state index in [1.54, 1.807) is 13.2 Å². The van der Waals surface area contributed by atoms with Gasteiger partial charge in [0, 0.05) is 38.1 Å². The number of likely N-dealkylation sites (N-methyl/N-ethyl adjacent to an activating group) is 1. The van der Waals surface area contributed by atoms with E-state index in [4.69, 9.17) is 4.74 Å². The first kappa shape index (κ1) is 20.4. The summed E-state index contributed by atoms with van der Waals surface area (Å²) in [5.41, 5.74) is 2.37. The number of hydrogen-bond acceptors (Lipinski definition) is 5. The summed E-state index contributed by atoms with van der Waals surface area (Å²) in [5, 5.41) is 9.71. The molecule has 2 aromatic rings. The summed E-state index contributed by atoms with van der Waals surface area (Å²) in [6, 6.07) is 10.2. The average molecular weight is 382 g/mol. The Labute approximate surface area is 168 Å². The van der Waals surface area contributed by atoms with Gasteiger partial charge in [-0.3, -0.25) is 14.8 Å². The summed E-state index contributed by atoms with van der Waals surface area (Å²) < 4.78 is 5.18. The molecule has 2 heterocycles. The normalized spacial score (nSPS) is 18.0. The quantitative estimate of drug-likeness (QED) is 0.754. The maximum Gasteiger partial charge on any atom is 0.161 e. The molecule has 1 N–H and O–H groups in total. The molecule has 1 unspecified atom stereocenters. The number of ether oxygens (including phenoxy) is 1. The van der Waals surface area contributed by atoms with Gasteiger partial charge in [-0.05, 0) is 61.3 Å². The molecule has 0 spiro atoms. The zero-order valence-electron chi connectivity index (χ0n) is 16.9. The number of rotatable bonds is 8. The Bertz CT molecular complexity index is 764. The van der Waals surface area contributed by atoms with E-state index >= 15 is 0 Å². The molecule has 5 heteroatoms.